The molecule has 0 aromatic rings. The smallest absolute Gasteiger partial charge is 0.0867 e. The number of quaternary nitrogens is 1. The molecule has 0 saturated heterocycles. The molecule has 1 unspecified atom stereocenters. The van der Waals surface area contributed by atoms with Crippen molar-refractivity contribution in [2.75, 3.05) is 14.1 Å². The Morgan fingerprint density at radius 1 is 0.591 bits per heavy atom. The second-order valence-electron chi connectivity index (χ2n) is 7.21. The molecular formula is C20H44ClN. The van der Waals surface area contributed by atoms with Gasteiger partial charge in [0.1, 0.15) is 0 Å². The number of rotatable bonds is 16. The minimum atomic E-state index is 0. The van der Waals surface area contributed by atoms with Crippen LogP contribution in [0.25, 0.3) is 0 Å². The molecule has 0 saturated carbocycles. The van der Waals surface area contributed by atoms with E-state index in [9.17, 15) is 0 Å². The van der Waals surface area contributed by atoms with Crippen LogP contribution < -0.4 is 17.3 Å². The Kier molecular flexibility index (Phi) is 21.5. The maximum Gasteiger partial charge on any atom is 0.0867 e. The highest BCUT2D eigenvalue weighted by Gasteiger charge is 2.10. The Morgan fingerprint density at radius 3 is 1.27 bits per heavy atom. The molecule has 0 aliphatic carbocycles. The normalized spacial score (nSPS) is 12.4. The summed E-state index contributed by atoms with van der Waals surface area (Å²) in [5.41, 5.74) is 0. The van der Waals surface area contributed by atoms with Gasteiger partial charge in [-0.1, -0.05) is 90.9 Å². The molecule has 0 spiro atoms. The molecule has 0 aliphatic rings. The third-order valence-corrected chi connectivity index (χ3v) is 4.97. The SMILES string of the molecule is CCCCCCCCCCCCCCCC(CC)[NH+](C)C.[Cl-]. The van der Waals surface area contributed by atoms with Gasteiger partial charge >= 0.3 is 0 Å². The molecule has 0 aliphatic heterocycles. The third kappa shape index (κ3) is 16.6. The topological polar surface area (TPSA) is 4.44 Å². The molecule has 0 heterocycles. The van der Waals surface area contributed by atoms with Gasteiger partial charge in [0.15, 0.2) is 0 Å². The van der Waals surface area contributed by atoms with Crippen LogP contribution in [0.3, 0.4) is 0 Å². The summed E-state index contributed by atoms with van der Waals surface area (Å²) in [6.45, 7) is 4.63. The summed E-state index contributed by atoms with van der Waals surface area (Å²) in [7, 11) is 4.60. The predicted molar refractivity (Wildman–Crippen MR) is 97.2 cm³/mol. The molecule has 1 atom stereocenters. The van der Waals surface area contributed by atoms with Gasteiger partial charge in [-0.15, -0.1) is 0 Å². The van der Waals surface area contributed by atoms with E-state index >= 15 is 0 Å². The van der Waals surface area contributed by atoms with Crippen LogP contribution in [0.15, 0.2) is 0 Å². The van der Waals surface area contributed by atoms with E-state index in [0.717, 1.165) is 6.04 Å². The van der Waals surface area contributed by atoms with Crippen LogP contribution in [0, 0.1) is 0 Å². The van der Waals surface area contributed by atoms with Gasteiger partial charge in [-0.25, -0.2) is 0 Å². The second kappa shape index (κ2) is 19.3. The Morgan fingerprint density at radius 2 is 0.955 bits per heavy atom. The summed E-state index contributed by atoms with van der Waals surface area (Å²) in [6, 6.07) is 0.887. The van der Waals surface area contributed by atoms with Crippen molar-refractivity contribution in [3.63, 3.8) is 0 Å². The Balaban J connectivity index is 0. The average Bonchev–Trinajstić information content (AvgIpc) is 2.47. The summed E-state index contributed by atoms with van der Waals surface area (Å²) < 4.78 is 0. The zero-order valence-corrected chi connectivity index (χ0v) is 16.8. The van der Waals surface area contributed by atoms with Gasteiger partial charge in [-0.3, -0.25) is 0 Å². The van der Waals surface area contributed by atoms with Gasteiger partial charge in [0.05, 0.1) is 20.1 Å². The number of unbranched alkanes of at least 4 members (excludes halogenated alkanes) is 12. The maximum atomic E-state index is 2.33. The summed E-state index contributed by atoms with van der Waals surface area (Å²) in [5, 5.41) is 0. The minimum absolute atomic E-state index is 0. The standard InChI is InChI=1S/C20H43N.ClH/c1-5-7-8-9-10-11-12-13-14-15-16-17-18-19-20(6-2)21(3)4;/h20H,5-19H2,1-4H3;1H. The lowest BCUT2D eigenvalue weighted by molar-refractivity contribution is -0.886. The van der Waals surface area contributed by atoms with Gasteiger partial charge in [0, 0.05) is 0 Å². The number of hydrogen-bond donors (Lipinski definition) is 1. The molecule has 0 fully saturated rings. The Bertz CT molecular complexity index is 194. The lowest BCUT2D eigenvalue weighted by atomic mass is 10.0. The summed E-state index contributed by atoms with van der Waals surface area (Å²) in [5.74, 6) is 0. The highest BCUT2D eigenvalue weighted by molar-refractivity contribution is 4.54. The first-order valence-corrected chi connectivity index (χ1v) is 10.0. The van der Waals surface area contributed by atoms with Gasteiger partial charge < -0.3 is 17.3 Å². The monoisotopic (exact) mass is 333 g/mol. The van der Waals surface area contributed by atoms with E-state index in [-0.39, 0.29) is 12.4 Å². The van der Waals surface area contributed by atoms with Crippen molar-refractivity contribution in [3.8, 4) is 0 Å². The van der Waals surface area contributed by atoms with E-state index in [2.05, 4.69) is 27.9 Å². The summed E-state index contributed by atoms with van der Waals surface area (Å²) >= 11 is 0. The zero-order valence-electron chi connectivity index (χ0n) is 16.1. The van der Waals surface area contributed by atoms with E-state index in [1.165, 1.54) is 96.3 Å². The fourth-order valence-electron chi connectivity index (χ4n) is 3.31. The molecule has 136 valence electrons. The molecule has 1 N–H and O–H groups in total. The van der Waals surface area contributed by atoms with Crippen molar-refractivity contribution in [2.45, 2.75) is 116 Å². The van der Waals surface area contributed by atoms with E-state index in [0.29, 0.717) is 0 Å². The van der Waals surface area contributed by atoms with Crippen LogP contribution in [0.4, 0.5) is 0 Å². The minimum Gasteiger partial charge on any atom is -1.00 e. The molecule has 22 heavy (non-hydrogen) atoms. The molecule has 0 amide bonds. The van der Waals surface area contributed by atoms with Crippen molar-refractivity contribution in [2.24, 2.45) is 0 Å². The van der Waals surface area contributed by atoms with E-state index < -0.39 is 0 Å². The first kappa shape index (κ1) is 24.5. The van der Waals surface area contributed by atoms with Crippen molar-refractivity contribution in [1.82, 2.24) is 0 Å². The number of nitrogens with one attached hydrogen (secondary N) is 1. The van der Waals surface area contributed by atoms with E-state index in [1.54, 1.807) is 4.90 Å². The van der Waals surface area contributed by atoms with Crippen molar-refractivity contribution < 1.29 is 17.3 Å². The van der Waals surface area contributed by atoms with Crippen LogP contribution >= 0.6 is 0 Å². The average molecular weight is 334 g/mol. The van der Waals surface area contributed by atoms with Gasteiger partial charge in [-0.2, -0.15) is 0 Å². The quantitative estimate of drug-likeness (QED) is 0.414. The van der Waals surface area contributed by atoms with Crippen LogP contribution in [0.5, 0.6) is 0 Å². The Hall–Kier alpha value is 0.250. The lowest BCUT2D eigenvalue weighted by Crippen LogP contribution is -3.09. The molecule has 0 bridgehead atoms. The van der Waals surface area contributed by atoms with E-state index in [4.69, 9.17) is 0 Å². The summed E-state index contributed by atoms with van der Waals surface area (Å²) in [6.07, 6.45) is 21.7. The lowest BCUT2D eigenvalue weighted by Gasteiger charge is -2.19. The van der Waals surface area contributed by atoms with Crippen molar-refractivity contribution in [1.29, 1.82) is 0 Å². The molecule has 2 heteroatoms. The largest absolute Gasteiger partial charge is 1.00 e. The molecule has 1 nitrogen and oxygen atoms in total. The van der Waals surface area contributed by atoms with E-state index in [1.807, 2.05) is 0 Å². The fourth-order valence-corrected chi connectivity index (χ4v) is 3.31. The van der Waals surface area contributed by atoms with Crippen molar-refractivity contribution in [3.05, 3.63) is 0 Å². The molecule has 0 rings (SSSR count). The number of hydrogen-bond acceptors (Lipinski definition) is 0. The maximum absolute atomic E-state index is 2.33. The van der Waals surface area contributed by atoms with Crippen molar-refractivity contribution >= 4 is 0 Å². The molecular weight excluding hydrogens is 290 g/mol. The second-order valence-corrected chi connectivity index (χ2v) is 7.21. The molecule has 0 aromatic carbocycles. The van der Waals surface area contributed by atoms with Gasteiger partial charge in [-0.05, 0) is 19.3 Å². The number of halogens is 1. The Labute approximate surface area is 148 Å². The third-order valence-electron chi connectivity index (χ3n) is 4.97. The fraction of sp³-hybridized carbons (Fsp3) is 1.00. The van der Waals surface area contributed by atoms with Gasteiger partial charge in [0.25, 0.3) is 0 Å². The highest BCUT2D eigenvalue weighted by atomic mass is 35.5. The van der Waals surface area contributed by atoms with Gasteiger partial charge in [0.2, 0.25) is 0 Å². The highest BCUT2D eigenvalue weighted by Crippen LogP contribution is 2.13. The summed E-state index contributed by atoms with van der Waals surface area (Å²) in [4.78, 5) is 1.64. The van der Waals surface area contributed by atoms with Crippen LogP contribution in [-0.4, -0.2) is 20.1 Å². The van der Waals surface area contributed by atoms with Crippen LogP contribution in [0.1, 0.15) is 110 Å². The molecule has 0 radical (unpaired) electrons. The molecule has 0 aromatic heterocycles. The first-order chi connectivity index (χ1) is 10.2. The first-order valence-electron chi connectivity index (χ1n) is 10.0. The zero-order chi connectivity index (χ0) is 15.8. The van der Waals surface area contributed by atoms with Crippen LogP contribution in [0.2, 0.25) is 0 Å². The van der Waals surface area contributed by atoms with Crippen LogP contribution in [-0.2, 0) is 0 Å². The predicted octanol–water partition coefficient (Wildman–Crippen LogP) is 2.39.